The van der Waals surface area contributed by atoms with E-state index in [9.17, 15) is 19.5 Å². The highest BCUT2D eigenvalue weighted by Crippen LogP contribution is 2.51. The molecule has 0 aromatic carbocycles. The molecular formula is C18H24N2O5S. The van der Waals surface area contributed by atoms with Gasteiger partial charge in [-0.05, 0) is 37.3 Å². The number of nitrogens with zero attached hydrogens (tertiary/aromatic N) is 1. The van der Waals surface area contributed by atoms with Crippen LogP contribution in [-0.2, 0) is 9.59 Å². The summed E-state index contributed by atoms with van der Waals surface area (Å²) >= 11 is 1.24. The largest absolute Gasteiger partial charge is 0.478 e. The van der Waals surface area contributed by atoms with Gasteiger partial charge in [0, 0.05) is 17.5 Å². The number of piperidine rings is 1. The Morgan fingerprint density at radius 3 is 2.69 bits per heavy atom. The van der Waals surface area contributed by atoms with Crippen LogP contribution in [0.4, 0.5) is 5.00 Å². The first-order valence-electron chi connectivity index (χ1n) is 9.12. The van der Waals surface area contributed by atoms with E-state index in [1.54, 1.807) is 0 Å². The Labute approximate surface area is 156 Å². The van der Waals surface area contributed by atoms with Crippen LogP contribution in [-0.4, -0.2) is 46.0 Å². The van der Waals surface area contributed by atoms with E-state index in [4.69, 9.17) is 5.11 Å². The van der Waals surface area contributed by atoms with Crippen molar-refractivity contribution >= 4 is 34.2 Å². The molecule has 3 N–H and O–H groups in total. The first-order valence-corrected chi connectivity index (χ1v) is 9.93. The number of aliphatic carboxylic acids is 1. The number of aromatic carboxylic acids is 1. The number of rotatable bonds is 6. The zero-order valence-electron chi connectivity index (χ0n) is 14.8. The second-order valence-corrected chi connectivity index (χ2v) is 8.05. The average Bonchev–Trinajstić information content (AvgIpc) is 2.97. The van der Waals surface area contributed by atoms with E-state index in [1.165, 1.54) is 11.3 Å². The van der Waals surface area contributed by atoms with Gasteiger partial charge in [0.15, 0.2) is 0 Å². The normalized spacial score (nSPS) is 24.0. The number of carbonyl (C=O) groups excluding carboxylic acids is 1. The molecule has 3 atom stereocenters. The summed E-state index contributed by atoms with van der Waals surface area (Å²) in [7, 11) is 0. The Kier molecular flexibility index (Phi) is 5.62. The van der Waals surface area contributed by atoms with Crippen molar-refractivity contribution in [3.05, 3.63) is 16.0 Å². The van der Waals surface area contributed by atoms with Crippen LogP contribution in [0.1, 0.15) is 78.2 Å². The Morgan fingerprint density at radius 1 is 1.27 bits per heavy atom. The second-order valence-electron chi connectivity index (χ2n) is 6.99. The number of carboxylic acids is 2. The van der Waals surface area contributed by atoms with E-state index in [1.807, 2.05) is 0 Å². The minimum absolute atomic E-state index is 0.0895. The summed E-state index contributed by atoms with van der Waals surface area (Å²) < 4.78 is 0. The molecule has 0 spiro atoms. The number of thiophene rings is 1. The third-order valence-corrected chi connectivity index (χ3v) is 6.52. The number of hydrogen-bond acceptors (Lipinski definition) is 5. The molecule has 1 saturated heterocycles. The van der Waals surface area contributed by atoms with Crippen molar-refractivity contribution in [1.82, 2.24) is 4.90 Å². The van der Waals surface area contributed by atoms with Gasteiger partial charge in [-0.15, -0.1) is 11.3 Å². The Morgan fingerprint density at radius 2 is 2.04 bits per heavy atom. The molecule has 1 fully saturated rings. The maximum atomic E-state index is 11.9. The van der Waals surface area contributed by atoms with E-state index >= 15 is 0 Å². The average molecular weight is 380 g/mol. The topological polar surface area (TPSA) is 107 Å². The van der Waals surface area contributed by atoms with Crippen LogP contribution in [0.5, 0.6) is 0 Å². The van der Waals surface area contributed by atoms with Gasteiger partial charge in [-0.2, -0.15) is 0 Å². The summed E-state index contributed by atoms with van der Waals surface area (Å²) in [5.74, 6) is -3.78. The number of amides is 1. The molecule has 142 valence electrons. The van der Waals surface area contributed by atoms with Crippen LogP contribution in [0.3, 0.4) is 0 Å². The molecule has 3 rings (SSSR count). The predicted octanol–water partition coefficient (Wildman–Crippen LogP) is 3.28. The summed E-state index contributed by atoms with van der Waals surface area (Å²) in [6.45, 7) is 3.99. The smallest absolute Gasteiger partial charge is 0.394 e. The minimum atomic E-state index is -1.62. The molecule has 3 heterocycles. The molecule has 7 nitrogen and oxygen atoms in total. The second kappa shape index (κ2) is 7.75. The minimum Gasteiger partial charge on any atom is -0.478 e. The fraction of sp³-hybridized carbons (Fsp3) is 0.611. The zero-order valence-corrected chi connectivity index (χ0v) is 15.6. The molecule has 3 unspecified atom stereocenters. The van der Waals surface area contributed by atoms with Crippen molar-refractivity contribution in [2.75, 3.05) is 18.4 Å². The maximum absolute atomic E-state index is 11.9. The fourth-order valence-corrected chi connectivity index (χ4v) is 5.61. The molecule has 26 heavy (non-hydrogen) atoms. The van der Waals surface area contributed by atoms with Crippen LogP contribution in [0, 0.1) is 0 Å². The van der Waals surface area contributed by atoms with Gasteiger partial charge in [0.1, 0.15) is 5.00 Å². The molecule has 2 bridgehead atoms. The SMILES string of the molecule is CCCCCC1c2sc(NC(=O)C(=O)O)c(C(=O)O)c2C2CCCN1C2. The van der Waals surface area contributed by atoms with E-state index < -0.39 is 17.8 Å². The Balaban J connectivity index is 2.02. The van der Waals surface area contributed by atoms with Gasteiger partial charge >= 0.3 is 17.8 Å². The van der Waals surface area contributed by atoms with Crippen molar-refractivity contribution in [2.24, 2.45) is 0 Å². The molecule has 1 amide bonds. The molecule has 2 aliphatic heterocycles. The summed E-state index contributed by atoms with van der Waals surface area (Å²) in [5, 5.41) is 21.1. The Hall–Kier alpha value is -1.93. The number of carbonyl (C=O) groups is 3. The zero-order chi connectivity index (χ0) is 18.8. The number of unbranched alkanes of at least 4 members (excludes halogenated alkanes) is 2. The quantitative estimate of drug-likeness (QED) is 0.516. The van der Waals surface area contributed by atoms with Crippen LogP contribution >= 0.6 is 11.3 Å². The summed E-state index contributed by atoms with van der Waals surface area (Å²) in [4.78, 5) is 37.9. The number of anilines is 1. The van der Waals surface area contributed by atoms with E-state index in [0.717, 1.165) is 62.1 Å². The highest BCUT2D eigenvalue weighted by Gasteiger charge is 2.41. The highest BCUT2D eigenvalue weighted by molar-refractivity contribution is 7.17. The monoisotopic (exact) mass is 380 g/mol. The third kappa shape index (κ3) is 3.48. The standard InChI is InChI=1S/C18H24N2O5S/c1-2-3-4-7-11-14-12(10-6-5-8-20(11)9-10)13(17(22)23)16(26-14)19-15(21)18(24)25/h10-11H,2-9H2,1H3,(H,19,21)(H,22,23)(H,24,25). The predicted molar refractivity (Wildman–Crippen MR) is 98.0 cm³/mol. The molecular weight excluding hydrogens is 356 g/mol. The lowest BCUT2D eigenvalue weighted by molar-refractivity contribution is -0.147. The van der Waals surface area contributed by atoms with Gasteiger partial charge in [0.2, 0.25) is 0 Å². The van der Waals surface area contributed by atoms with Crippen molar-refractivity contribution in [1.29, 1.82) is 0 Å². The van der Waals surface area contributed by atoms with Crippen LogP contribution in [0.25, 0.3) is 0 Å². The van der Waals surface area contributed by atoms with Gasteiger partial charge < -0.3 is 15.5 Å². The van der Waals surface area contributed by atoms with Crippen molar-refractivity contribution in [2.45, 2.75) is 57.4 Å². The maximum Gasteiger partial charge on any atom is 0.394 e. The number of fused-ring (bicyclic) bond motifs is 4. The van der Waals surface area contributed by atoms with Crippen molar-refractivity contribution < 1.29 is 24.6 Å². The van der Waals surface area contributed by atoms with Crippen LogP contribution in [0.2, 0.25) is 0 Å². The van der Waals surface area contributed by atoms with E-state index in [0.29, 0.717) is 0 Å². The molecule has 1 aromatic rings. The molecule has 0 radical (unpaired) electrons. The van der Waals surface area contributed by atoms with Crippen molar-refractivity contribution in [3.63, 3.8) is 0 Å². The highest BCUT2D eigenvalue weighted by atomic mass is 32.1. The van der Waals surface area contributed by atoms with Crippen LogP contribution < -0.4 is 5.32 Å². The fourth-order valence-electron chi connectivity index (χ4n) is 4.16. The molecule has 0 saturated carbocycles. The first-order chi connectivity index (χ1) is 12.4. The molecule has 1 aromatic heterocycles. The first kappa shape index (κ1) is 18.8. The molecule has 2 aliphatic rings. The van der Waals surface area contributed by atoms with Gasteiger partial charge in [0.05, 0.1) is 5.56 Å². The summed E-state index contributed by atoms with van der Waals surface area (Å²) in [6.07, 6.45) is 6.22. The number of hydrogen-bond donors (Lipinski definition) is 3. The van der Waals surface area contributed by atoms with Gasteiger partial charge in [-0.3, -0.25) is 9.69 Å². The summed E-state index contributed by atoms with van der Waals surface area (Å²) in [6, 6.07) is 0.159. The van der Waals surface area contributed by atoms with Crippen LogP contribution in [0.15, 0.2) is 0 Å². The Bertz CT molecular complexity index is 729. The third-order valence-electron chi connectivity index (χ3n) is 5.29. The van der Waals surface area contributed by atoms with Gasteiger partial charge in [0.25, 0.3) is 0 Å². The lowest BCUT2D eigenvalue weighted by Crippen LogP contribution is -2.41. The van der Waals surface area contributed by atoms with Gasteiger partial charge in [-0.25, -0.2) is 9.59 Å². The van der Waals surface area contributed by atoms with Gasteiger partial charge in [-0.1, -0.05) is 26.2 Å². The van der Waals surface area contributed by atoms with Crippen molar-refractivity contribution in [3.8, 4) is 0 Å². The number of nitrogens with one attached hydrogen (secondary N) is 1. The molecule has 8 heteroatoms. The van der Waals surface area contributed by atoms with E-state index in [-0.39, 0.29) is 22.5 Å². The summed E-state index contributed by atoms with van der Waals surface area (Å²) in [5.41, 5.74) is 0.910. The lowest BCUT2D eigenvalue weighted by Gasteiger charge is -2.43. The number of carboxylic acid groups (broad SMARTS) is 2. The lowest BCUT2D eigenvalue weighted by atomic mass is 9.81. The van der Waals surface area contributed by atoms with E-state index in [2.05, 4.69) is 17.1 Å². The molecule has 0 aliphatic carbocycles.